The van der Waals surface area contributed by atoms with Crippen molar-refractivity contribution in [3.8, 4) is 22.3 Å². The maximum Gasteiger partial charge on any atom is 1.00 e. The van der Waals surface area contributed by atoms with Gasteiger partial charge in [0.2, 0.25) is 0 Å². The molecule has 2 atom stereocenters. The second kappa shape index (κ2) is 16.8. The van der Waals surface area contributed by atoms with Crippen LogP contribution in [0.15, 0.2) is 66.9 Å². The number of carboxylic acids is 1. The Morgan fingerprint density at radius 2 is 1.49 bits per heavy atom. The number of esters is 1. The normalized spacial score (nSPS) is 12.3. The number of aliphatic hydroxyl groups excluding tert-OH is 2. The molecule has 13 heteroatoms. The Morgan fingerprint density at radius 1 is 0.915 bits per heavy atom. The number of ether oxygens (including phenoxy) is 1. The van der Waals surface area contributed by atoms with Gasteiger partial charge in [-0.1, -0.05) is 24.3 Å². The van der Waals surface area contributed by atoms with E-state index in [4.69, 9.17) is 4.74 Å². The van der Waals surface area contributed by atoms with Crippen LogP contribution in [0.25, 0.3) is 22.3 Å². The number of hydrogen-bond donors (Lipinski definition) is 3. The van der Waals surface area contributed by atoms with Crippen LogP contribution in [-0.4, -0.2) is 56.9 Å². The third-order valence-electron chi connectivity index (χ3n) is 7.39. The number of carbonyl (C=O) groups is 3. The first-order valence-corrected chi connectivity index (χ1v) is 14.6. The number of methoxy groups -OCH3 is 1. The average molecular weight is 658 g/mol. The number of benzene rings is 2. The van der Waals surface area contributed by atoms with Gasteiger partial charge in [-0.2, -0.15) is 0 Å². The molecule has 242 valence electrons. The maximum atomic E-state index is 14.2. The molecule has 0 fully saturated rings. The molecule has 0 aliphatic rings. The van der Waals surface area contributed by atoms with Crippen molar-refractivity contribution in [1.29, 1.82) is 0 Å². The number of hydrogen-bond acceptors (Lipinski definition) is 8. The van der Waals surface area contributed by atoms with Crippen LogP contribution < -0.4 is 40.0 Å². The van der Waals surface area contributed by atoms with Crippen LogP contribution in [0.2, 0.25) is 0 Å². The molecular formula is C34H34F2N3NaO7. The van der Waals surface area contributed by atoms with Gasteiger partial charge in [-0.3, -0.25) is 4.79 Å². The molecule has 0 aliphatic carbocycles. The van der Waals surface area contributed by atoms with Gasteiger partial charge in [0.05, 0.1) is 24.9 Å². The number of carbonyl (C=O) groups excluding carboxylic acids is 3. The number of aliphatic carboxylic acids is 1. The first kappa shape index (κ1) is 37.5. The summed E-state index contributed by atoms with van der Waals surface area (Å²) in [4.78, 5) is 41.1. The number of anilines is 1. The van der Waals surface area contributed by atoms with E-state index in [2.05, 4.69) is 10.3 Å². The van der Waals surface area contributed by atoms with Gasteiger partial charge >= 0.3 is 35.5 Å². The maximum absolute atomic E-state index is 14.2. The minimum atomic E-state index is -1.44. The third kappa shape index (κ3) is 9.33. The van der Waals surface area contributed by atoms with E-state index in [0.717, 1.165) is 0 Å². The summed E-state index contributed by atoms with van der Waals surface area (Å²) in [5, 5.41) is 34.4. The van der Waals surface area contributed by atoms with E-state index in [-0.39, 0.29) is 71.9 Å². The zero-order valence-corrected chi connectivity index (χ0v) is 28.5. The van der Waals surface area contributed by atoms with E-state index >= 15 is 0 Å². The number of nitrogens with zero attached hydrogens (tertiary/aromatic N) is 2. The molecule has 2 aromatic heterocycles. The number of aliphatic hydroxyl groups is 2. The Morgan fingerprint density at radius 3 is 1.98 bits per heavy atom. The van der Waals surface area contributed by atoms with Crippen LogP contribution in [0, 0.1) is 11.6 Å². The largest absolute Gasteiger partial charge is 1.00 e. The summed E-state index contributed by atoms with van der Waals surface area (Å²) >= 11 is 0. The number of nitrogens with one attached hydrogen (secondary N) is 1. The smallest absolute Gasteiger partial charge is 0.550 e. The molecular weight excluding hydrogens is 623 g/mol. The Balaban J connectivity index is 0.00000600. The quantitative estimate of drug-likeness (QED) is 0.144. The van der Waals surface area contributed by atoms with E-state index in [1.54, 1.807) is 16.7 Å². The predicted molar refractivity (Wildman–Crippen MR) is 164 cm³/mol. The van der Waals surface area contributed by atoms with Gasteiger partial charge in [0.15, 0.2) is 0 Å². The first-order valence-electron chi connectivity index (χ1n) is 14.6. The standard InChI is InChI=1S/C34H35F2N3O7.Na/c1-19(2)39-27(14-13-25(40)16-26(41)17-29(42)43)30(20-4-9-23(35)10-5-20)31(21-6-11-24(36)12-7-21)32(39)33(44)38-28-15-8-22(18-37-28)34(45)46-3;/h4-12,15,18-19,25-26,40-41H,13-14,16-17H2,1-3H3,(H,42,43)(H,37,38,44);/q;+1/p-1/t25-,26-;/m1./s1. The number of carboxylic acid groups (broad SMARTS) is 1. The molecule has 10 nitrogen and oxygen atoms in total. The molecule has 0 aliphatic heterocycles. The Labute approximate surface area is 292 Å². The molecule has 4 aromatic rings. The van der Waals surface area contributed by atoms with Crippen LogP contribution in [0.4, 0.5) is 14.6 Å². The molecule has 2 heterocycles. The molecule has 0 spiro atoms. The molecule has 3 N–H and O–H groups in total. The fourth-order valence-electron chi connectivity index (χ4n) is 5.39. The molecule has 1 amide bonds. The fourth-order valence-corrected chi connectivity index (χ4v) is 5.39. The SMILES string of the molecule is COC(=O)c1ccc(NC(=O)c2c(-c3ccc(F)cc3)c(-c3ccc(F)cc3)c(CC[C@@H](O)C[C@@H](O)CC(=O)[O-])n2C(C)C)nc1.[Na+]. The van der Waals surface area contributed by atoms with E-state index in [0.29, 0.717) is 27.9 Å². The average Bonchev–Trinajstić information content (AvgIpc) is 3.36. The molecule has 47 heavy (non-hydrogen) atoms. The van der Waals surface area contributed by atoms with Gasteiger partial charge in [-0.25, -0.2) is 18.6 Å². The fraction of sp³-hybridized carbons (Fsp3) is 0.294. The summed E-state index contributed by atoms with van der Waals surface area (Å²) in [6.07, 6.45) is -1.76. The van der Waals surface area contributed by atoms with E-state index in [1.807, 2.05) is 13.8 Å². The van der Waals surface area contributed by atoms with Crippen molar-refractivity contribution in [3.63, 3.8) is 0 Å². The molecule has 0 unspecified atom stereocenters. The molecule has 0 saturated heterocycles. The predicted octanol–water partition coefficient (Wildman–Crippen LogP) is 1.30. The summed E-state index contributed by atoms with van der Waals surface area (Å²) in [5.41, 5.74) is 2.96. The van der Waals surface area contributed by atoms with Crippen LogP contribution in [0.3, 0.4) is 0 Å². The van der Waals surface area contributed by atoms with Crippen molar-refractivity contribution < 1.29 is 72.8 Å². The zero-order chi connectivity index (χ0) is 33.5. The van der Waals surface area contributed by atoms with Crippen molar-refractivity contribution >= 4 is 23.7 Å². The third-order valence-corrected chi connectivity index (χ3v) is 7.39. The number of rotatable bonds is 13. The van der Waals surface area contributed by atoms with Crippen LogP contribution in [0.1, 0.15) is 65.7 Å². The van der Waals surface area contributed by atoms with Gasteiger partial charge < -0.3 is 34.7 Å². The molecule has 0 saturated carbocycles. The summed E-state index contributed by atoms with van der Waals surface area (Å²) < 4.78 is 34.6. The van der Waals surface area contributed by atoms with E-state index < -0.39 is 48.1 Å². The van der Waals surface area contributed by atoms with Gasteiger partial charge in [0, 0.05) is 41.4 Å². The zero-order valence-electron chi connectivity index (χ0n) is 26.5. The second-order valence-corrected chi connectivity index (χ2v) is 11.1. The number of halogens is 2. The van der Waals surface area contributed by atoms with Crippen LogP contribution >= 0.6 is 0 Å². The topological polar surface area (TPSA) is 154 Å². The first-order chi connectivity index (χ1) is 21.9. The second-order valence-electron chi connectivity index (χ2n) is 11.1. The van der Waals surface area contributed by atoms with E-state index in [1.165, 1.54) is 61.8 Å². The van der Waals surface area contributed by atoms with Crippen molar-refractivity contribution in [3.05, 3.63) is 95.4 Å². The number of amides is 1. The van der Waals surface area contributed by atoms with Gasteiger partial charge in [-0.15, -0.1) is 0 Å². The minimum Gasteiger partial charge on any atom is -0.550 e. The Hall–Kier alpha value is -3.94. The van der Waals surface area contributed by atoms with E-state index in [9.17, 15) is 38.5 Å². The van der Waals surface area contributed by atoms with Gasteiger partial charge in [0.25, 0.3) is 5.91 Å². The minimum absolute atomic E-state index is 0. The number of pyridine rings is 1. The van der Waals surface area contributed by atoms with Crippen LogP contribution in [0.5, 0.6) is 0 Å². The van der Waals surface area contributed by atoms with Crippen molar-refractivity contribution in [2.45, 2.75) is 57.8 Å². The van der Waals surface area contributed by atoms with Crippen molar-refractivity contribution in [1.82, 2.24) is 9.55 Å². The molecule has 2 aromatic carbocycles. The monoisotopic (exact) mass is 657 g/mol. The summed E-state index contributed by atoms with van der Waals surface area (Å²) in [5.74, 6) is -3.45. The Bertz CT molecular complexity index is 1690. The summed E-state index contributed by atoms with van der Waals surface area (Å²) in [7, 11) is 1.24. The summed E-state index contributed by atoms with van der Waals surface area (Å²) in [6, 6.07) is 13.8. The van der Waals surface area contributed by atoms with Crippen LogP contribution in [-0.2, 0) is 16.0 Å². The molecule has 4 rings (SSSR count). The van der Waals surface area contributed by atoms with Gasteiger partial charge in [-0.05, 0) is 80.6 Å². The Kier molecular flexibility index (Phi) is 13.4. The summed E-state index contributed by atoms with van der Waals surface area (Å²) in [6.45, 7) is 3.71. The molecule has 0 radical (unpaired) electrons. The van der Waals surface area contributed by atoms with Gasteiger partial charge in [0.1, 0.15) is 23.1 Å². The van der Waals surface area contributed by atoms with Crippen molar-refractivity contribution in [2.24, 2.45) is 0 Å². The number of aromatic nitrogens is 2. The van der Waals surface area contributed by atoms with Crippen molar-refractivity contribution in [2.75, 3.05) is 12.4 Å². The molecule has 0 bridgehead atoms.